The molecule has 47 heavy (non-hydrogen) atoms. The van der Waals surface area contributed by atoms with Crippen LogP contribution in [0.15, 0.2) is 0 Å². The number of hydrogen-bond donors (Lipinski definition) is 2. The van der Waals surface area contributed by atoms with E-state index in [1.165, 1.54) is 6.92 Å². The number of amides is 2. The predicted molar refractivity (Wildman–Crippen MR) is 172 cm³/mol. The molecule has 0 saturated carbocycles. The number of carbonyl (C=O) groups is 2. The Kier molecular flexibility index (Phi) is 39.3. The second-order valence-electron chi connectivity index (χ2n) is 9.53. The summed E-state index contributed by atoms with van der Waals surface area (Å²) < 4.78 is 65.1. The van der Waals surface area contributed by atoms with E-state index in [2.05, 4.69) is 10.6 Å². The first kappa shape index (κ1) is 45.5. The molecular weight excluding hydrogens is 624 g/mol. The molecule has 0 bridgehead atoms. The van der Waals surface area contributed by atoms with Gasteiger partial charge in [-0.3, -0.25) is 9.59 Å². The van der Waals surface area contributed by atoms with Gasteiger partial charge in [0.05, 0.1) is 159 Å². The minimum atomic E-state index is -0.0642. The van der Waals surface area contributed by atoms with E-state index in [0.717, 1.165) is 0 Å². The van der Waals surface area contributed by atoms with Gasteiger partial charge in [-0.25, -0.2) is 0 Å². The highest BCUT2D eigenvalue weighted by Crippen LogP contribution is 1.88. The summed E-state index contributed by atoms with van der Waals surface area (Å²) >= 11 is 0. The molecule has 0 spiro atoms. The van der Waals surface area contributed by atoms with Crippen molar-refractivity contribution in [2.45, 2.75) is 20.3 Å². The Bertz CT molecular complexity index is 651. The van der Waals surface area contributed by atoms with Crippen LogP contribution < -0.4 is 10.6 Å². The molecule has 0 rings (SSSR count). The van der Waals surface area contributed by atoms with Crippen LogP contribution in [-0.2, 0) is 66.4 Å². The first-order valence-corrected chi connectivity index (χ1v) is 16.6. The van der Waals surface area contributed by atoms with E-state index in [-0.39, 0.29) is 11.8 Å². The summed E-state index contributed by atoms with van der Waals surface area (Å²) in [6.45, 7) is 16.1. The van der Waals surface area contributed by atoms with Gasteiger partial charge in [0.1, 0.15) is 0 Å². The lowest BCUT2D eigenvalue weighted by Crippen LogP contribution is -2.25. The van der Waals surface area contributed by atoms with Crippen LogP contribution in [0.25, 0.3) is 0 Å². The van der Waals surface area contributed by atoms with Crippen LogP contribution in [-0.4, -0.2) is 183 Å². The second-order valence-corrected chi connectivity index (χ2v) is 9.53. The molecule has 16 heteroatoms. The highest BCUT2D eigenvalue weighted by molar-refractivity contribution is 5.75. The van der Waals surface area contributed by atoms with Gasteiger partial charge in [-0.05, 0) is 6.92 Å². The summed E-state index contributed by atoms with van der Waals surface area (Å²) in [6, 6.07) is 0. The third kappa shape index (κ3) is 42.4. The van der Waals surface area contributed by atoms with Crippen LogP contribution in [0.3, 0.4) is 0 Å². The summed E-state index contributed by atoms with van der Waals surface area (Å²) in [6.07, 6.45) is 0.364. The highest BCUT2D eigenvalue weighted by Gasteiger charge is 1.99. The molecule has 0 aliphatic rings. The van der Waals surface area contributed by atoms with Crippen molar-refractivity contribution in [1.29, 1.82) is 0 Å². The van der Waals surface area contributed by atoms with Crippen molar-refractivity contribution in [3.05, 3.63) is 0 Å². The van der Waals surface area contributed by atoms with E-state index < -0.39 is 0 Å². The average molecular weight is 687 g/mol. The molecule has 0 radical (unpaired) electrons. The number of rotatable bonds is 40. The minimum absolute atomic E-state index is 0.00394. The van der Waals surface area contributed by atoms with Crippen molar-refractivity contribution < 1.29 is 66.4 Å². The molecule has 280 valence electrons. The molecule has 16 nitrogen and oxygen atoms in total. The summed E-state index contributed by atoms with van der Waals surface area (Å²) in [4.78, 5) is 22.0. The quantitative estimate of drug-likeness (QED) is 0.0817. The molecule has 0 atom stereocenters. The molecule has 0 aromatic rings. The molecule has 0 saturated heterocycles. The van der Waals surface area contributed by atoms with Gasteiger partial charge in [0.25, 0.3) is 0 Å². The lowest BCUT2D eigenvalue weighted by molar-refractivity contribution is -0.122. The van der Waals surface area contributed by atoms with Crippen molar-refractivity contribution >= 4 is 11.8 Å². The molecular formula is C31H62N2O14. The standard InChI is InChI=1S/C31H62N2O14/c1-3-32-31(35)4-6-36-8-10-38-12-14-40-16-18-42-20-22-44-24-26-46-28-29-47-27-25-45-23-21-43-19-17-41-15-13-39-11-9-37-7-5-33-30(2)34/h3-29H2,1-2H3,(H,32,35)(H,33,34). The van der Waals surface area contributed by atoms with Gasteiger partial charge >= 0.3 is 0 Å². The van der Waals surface area contributed by atoms with Crippen molar-refractivity contribution in [2.75, 3.05) is 172 Å². The van der Waals surface area contributed by atoms with Crippen LogP contribution >= 0.6 is 0 Å². The lowest BCUT2D eigenvalue weighted by atomic mass is 10.4. The summed E-state index contributed by atoms with van der Waals surface area (Å²) in [7, 11) is 0. The number of carbonyl (C=O) groups excluding carboxylic acids is 2. The zero-order valence-electron chi connectivity index (χ0n) is 28.8. The molecule has 0 unspecified atom stereocenters. The maximum Gasteiger partial charge on any atom is 0.222 e. The molecule has 0 aromatic heterocycles. The fourth-order valence-corrected chi connectivity index (χ4v) is 3.27. The van der Waals surface area contributed by atoms with E-state index in [9.17, 15) is 9.59 Å². The summed E-state index contributed by atoms with van der Waals surface area (Å²) in [5.41, 5.74) is 0. The number of hydrogen-bond acceptors (Lipinski definition) is 14. The predicted octanol–water partition coefficient (Wildman–Crippen LogP) is -0.152. The first-order valence-electron chi connectivity index (χ1n) is 16.6. The van der Waals surface area contributed by atoms with Gasteiger partial charge in [0.2, 0.25) is 11.8 Å². The molecule has 2 N–H and O–H groups in total. The number of ether oxygens (including phenoxy) is 12. The minimum Gasteiger partial charge on any atom is -0.379 e. The van der Waals surface area contributed by atoms with Crippen molar-refractivity contribution in [3.8, 4) is 0 Å². The molecule has 0 aliphatic heterocycles. The van der Waals surface area contributed by atoms with Crippen LogP contribution in [0, 0.1) is 0 Å². The fraction of sp³-hybridized carbons (Fsp3) is 0.935. The summed E-state index contributed by atoms with van der Waals surface area (Å²) in [5.74, 6) is -0.0681. The summed E-state index contributed by atoms with van der Waals surface area (Å²) in [5, 5.41) is 5.37. The van der Waals surface area contributed by atoms with Crippen molar-refractivity contribution in [1.82, 2.24) is 10.6 Å². The van der Waals surface area contributed by atoms with Crippen LogP contribution in [0.1, 0.15) is 20.3 Å². The SMILES string of the molecule is CCNC(=O)CCOCCOCCOCCOCCOCCOCCOCCOCCOCCOCCOCCOCCNC(C)=O. The van der Waals surface area contributed by atoms with Gasteiger partial charge in [-0.1, -0.05) is 0 Å². The Morgan fingerprint density at radius 2 is 0.596 bits per heavy atom. The molecule has 0 heterocycles. The average Bonchev–Trinajstić information content (AvgIpc) is 3.05. The zero-order chi connectivity index (χ0) is 34.1. The van der Waals surface area contributed by atoms with Crippen LogP contribution in [0.2, 0.25) is 0 Å². The third-order valence-corrected chi connectivity index (χ3v) is 5.56. The Balaban J connectivity index is 3.06. The first-order chi connectivity index (χ1) is 23.2. The normalized spacial score (nSPS) is 11.3. The maximum atomic E-state index is 11.3. The van der Waals surface area contributed by atoms with E-state index >= 15 is 0 Å². The third-order valence-electron chi connectivity index (χ3n) is 5.56. The van der Waals surface area contributed by atoms with E-state index in [0.29, 0.717) is 178 Å². The van der Waals surface area contributed by atoms with Gasteiger partial charge in [-0.15, -0.1) is 0 Å². The molecule has 2 amide bonds. The Hall–Kier alpha value is -1.54. The topological polar surface area (TPSA) is 169 Å². The number of nitrogens with one attached hydrogen (secondary N) is 2. The van der Waals surface area contributed by atoms with Crippen molar-refractivity contribution in [2.24, 2.45) is 0 Å². The van der Waals surface area contributed by atoms with E-state index in [1.54, 1.807) is 0 Å². The van der Waals surface area contributed by atoms with Gasteiger partial charge in [-0.2, -0.15) is 0 Å². The Labute approximate surface area is 280 Å². The zero-order valence-corrected chi connectivity index (χ0v) is 28.8. The van der Waals surface area contributed by atoms with Gasteiger partial charge < -0.3 is 67.5 Å². The molecule has 0 aliphatic carbocycles. The second kappa shape index (κ2) is 40.6. The Morgan fingerprint density at radius 3 is 0.830 bits per heavy atom. The van der Waals surface area contributed by atoms with Crippen molar-refractivity contribution in [3.63, 3.8) is 0 Å². The smallest absolute Gasteiger partial charge is 0.222 e. The van der Waals surface area contributed by atoms with E-state index in [1.807, 2.05) is 6.92 Å². The fourth-order valence-electron chi connectivity index (χ4n) is 3.27. The lowest BCUT2D eigenvalue weighted by Gasteiger charge is -2.09. The molecule has 0 aromatic carbocycles. The molecule has 0 fully saturated rings. The van der Waals surface area contributed by atoms with Gasteiger partial charge in [0.15, 0.2) is 0 Å². The Morgan fingerprint density at radius 1 is 0.362 bits per heavy atom. The van der Waals surface area contributed by atoms with Crippen LogP contribution in [0.5, 0.6) is 0 Å². The largest absolute Gasteiger partial charge is 0.379 e. The maximum absolute atomic E-state index is 11.3. The van der Waals surface area contributed by atoms with Gasteiger partial charge in [0, 0.05) is 26.4 Å². The van der Waals surface area contributed by atoms with Crippen LogP contribution in [0.4, 0.5) is 0 Å². The highest BCUT2D eigenvalue weighted by atomic mass is 16.6. The van der Waals surface area contributed by atoms with E-state index in [4.69, 9.17) is 56.8 Å². The monoisotopic (exact) mass is 686 g/mol.